The summed E-state index contributed by atoms with van der Waals surface area (Å²) in [4.78, 5) is 13.0. The molecule has 1 aromatic heterocycles. The molecule has 5 nitrogen and oxygen atoms in total. The second-order valence-corrected chi connectivity index (χ2v) is 8.54. The number of aromatic nitrogens is 2. The first kappa shape index (κ1) is 22.9. The van der Waals surface area contributed by atoms with E-state index >= 15 is 0 Å². The molecule has 0 fully saturated rings. The van der Waals surface area contributed by atoms with Crippen molar-refractivity contribution in [1.29, 1.82) is 0 Å². The highest BCUT2D eigenvalue weighted by molar-refractivity contribution is 6.31. The number of halogens is 2. The van der Waals surface area contributed by atoms with Gasteiger partial charge in [-0.2, -0.15) is 5.10 Å². The molecule has 1 heterocycles. The first-order chi connectivity index (χ1) is 15.9. The van der Waals surface area contributed by atoms with E-state index in [1.807, 2.05) is 73.1 Å². The summed E-state index contributed by atoms with van der Waals surface area (Å²) in [6, 6.07) is 22.2. The molecule has 0 spiro atoms. The molecule has 168 valence electrons. The molecule has 7 heteroatoms. The Labute approximate surface area is 202 Å². The average Bonchev–Trinajstić information content (AvgIpc) is 3.07. The Morgan fingerprint density at radius 1 is 1.00 bits per heavy atom. The highest BCUT2D eigenvalue weighted by Gasteiger charge is 2.16. The number of anilines is 1. The summed E-state index contributed by atoms with van der Waals surface area (Å²) >= 11 is 12.2. The van der Waals surface area contributed by atoms with Gasteiger partial charge in [0.15, 0.2) is 0 Å². The molecule has 0 aliphatic carbocycles. The number of hydrogen-bond acceptors (Lipinski definition) is 3. The molecule has 4 aromatic rings. The number of ether oxygens (including phenoxy) is 1. The fraction of sp³-hybridized carbons (Fsp3) is 0.154. The second-order valence-electron chi connectivity index (χ2n) is 7.69. The molecular formula is C26H23Cl2N3O2. The number of aryl methyl sites for hydroxylation is 1. The lowest BCUT2D eigenvalue weighted by molar-refractivity contribution is 0.102. The minimum absolute atomic E-state index is 0.202. The van der Waals surface area contributed by atoms with Gasteiger partial charge in [0.1, 0.15) is 12.4 Å². The van der Waals surface area contributed by atoms with E-state index in [1.54, 1.807) is 18.2 Å². The molecule has 1 amide bonds. The molecule has 0 saturated heterocycles. The normalized spacial score (nSPS) is 10.8. The zero-order chi connectivity index (χ0) is 23.4. The number of nitrogens with zero attached hydrogens (tertiary/aromatic N) is 2. The van der Waals surface area contributed by atoms with Crippen molar-refractivity contribution >= 4 is 34.8 Å². The lowest BCUT2D eigenvalue weighted by atomic mass is 10.1. The summed E-state index contributed by atoms with van der Waals surface area (Å²) in [5.74, 6) is 0.512. The summed E-state index contributed by atoms with van der Waals surface area (Å²) in [7, 11) is 0. The summed E-state index contributed by atoms with van der Waals surface area (Å²) in [5, 5.41) is 8.95. The van der Waals surface area contributed by atoms with Crippen LogP contribution < -0.4 is 10.1 Å². The van der Waals surface area contributed by atoms with Crippen LogP contribution in [-0.2, 0) is 13.2 Å². The van der Waals surface area contributed by atoms with E-state index in [4.69, 9.17) is 27.9 Å². The van der Waals surface area contributed by atoms with Gasteiger partial charge in [-0.3, -0.25) is 9.48 Å². The van der Waals surface area contributed by atoms with E-state index in [-0.39, 0.29) is 5.91 Å². The SMILES string of the molecule is Cc1nn(Cc2ccccc2Cl)c(C)c1NC(=O)c1cccc(COc2ccc(Cl)cc2)c1. The summed E-state index contributed by atoms with van der Waals surface area (Å²) in [5.41, 5.74) is 4.72. The van der Waals surface area contributed by atoms with Gasteiger partial charge < -0.3 is 10.1 Å². The molecule has 0 bridgehead atoms. The van der Waals surface area contributed by atoms with Gasteiger partial charge >= 0.3 is 0 Å². The molecule has 4 rings (SSSR count). The Hall–Kier alpha value is -3.28. The fourth-order valence-corrected chi connectivity index (χ4v) is 3.83. The van der Waals surface area contributed by atoms with E-state index in [2.05, 4.69) is 10.4 Å². The van der Waals surface area contributed by atoms with Crippen LogP contribution in [0.5, 0.6) is 5.75 Å². The van der Waals surface area contributed by atoms with E-state index < -0.39 is 0 Å². The number of carbonyl (C=O) groups is 1. The predicted octanol–water partition coefficient (Wildman–Crippen LogP) is 6.69. The third-order valence-electron chi connectivity index (χ3n) is 5.31. The van der Waals surface area contributed by atoms with Gasteiger partial charge in [-0.15, -0.1) is 0 Å². The van der Waals surface area contributed by atoms with Crippen LogP contribution in [0.25, 0.3) is 0 Å². The minimum Gasteiger partial charge on any atom is -0.489 e. The van der Waals surface area contributed by atoms with Gasteiger partial charge in [0, 0.05) is 15.6 Å². The van der Waals surface area contributed by atoms with Gasteiger partial charge in [-0.1, -0.05) is 53.5 Å². The Morgan fingerprint density at radius 3 is 2.52 bits per heavy atom. The maximum atomic E-state index is 13.0. The second kappa shape index (κ2) is 10.1. The van der Waals surface area contributed by atoms with Gasteiger partial charge in [0.05, 0.1) is 23.6 Å². The summed E-state index contributed by atoms with van der Waals surface area (Å²) in [6.07, 6.45) is 0. The molecular weight excluding hydrogens is 457 g/mol. The monoisotopic (exact) mass is 479 g/mol. The quantitative estimate of drug-likeness (QED) is 0.321. The number of nitrogens with one attached hydrogen (secondary N) is 1. The Bertz CT molecular complexity index is 1280. The zero-order valence-corrected chi connectivity index (χ0v) is 19.8. The van der Waals surface area contributed by atoms with Crippen molar-refractivity contribution in [2.75, 3.05) is 5.32 Å². The Balaban J connectivity index is 1.46. The Kier molecular flexibility index (Phi) is 7.02. The number of amides is 1. The minimum atomic E-state index is -0.202. The van der Waals surface area contributed by atoms with Crippen molar-refractivity contribution in [3.8, 4) is 5.75 Å². The number of hydrogen-bond donors (Lipinski definition) is 1. The smallest absolute Gasteiger partial charge is 0.255 e. The maximum Gasteiger partial charge on any atom is 0.255 e. The zero-order valence-electron chi connectivity index (χ0n) is 18.3. The molecule has 0 aliphatic heterocycles. The highest BCUT2D eigenvalue weighted by Crippen LogP contribution is 2.24. The van der Waals surface area contributed by atoms with Crippen LogP contribution in [-0.4, -0.2) is 15.7 Å². The molecule has 0 radical (unpaired) electrons. The lowest BCUT2D eigenvalue weighted by Gasteiger charge is -2.10. The fourth-order valence-electron chi connectivity index (χ4n) is 3.51. The maximum absolute atomic E-state index is 13.0. The van der Waals surface area contributed by atoms with E-state index in [0.717, 1.165) is 22.5 Å². The molecule has 0 unspecified atom stereocenters. The van der Waals surface area contributed by atoms with Crippen molar-refractivity contribution in [3.63, 3.8) is 0 Å². The van der Waals surface area contributed by atoms with Crippen LogP contribution in [0, 0.1) is 13.8 Å². The first-order valence-corrected chi connectivity index (χ1v) is 11.2. The van der Waals surface area contributed by atoms with Crippen LogP contribution in [0.4, 0.5) is 5.69 Å². The van der Waals surface area contributed by atoms with Crippen molar-refractivity contribution in [2.24, 2.45) is 0 Å². The predicted molar refractivity (Wildman–Crippen MR) is 132 cm³/mol. The van der Waals surface area contributed by atoms with Gasteiger partial charge in [-0.25, -0.2) is 0 Å². The molecule has 0 atom stereocenters. The van der Waals surface area contributed by atoms with Crippen LogP contribution in [0.3, 0.4) is 0 Å². The van der Waals surface area contributed by atoms with Crippen LogP contribution in [0.1, 0.15) is 32.9 Å². The first-order valence-electron chi connectivity index (χ1n) is 10.5. The summed E-state index contributed by atoms with van der Waals surface area (Å²) < 4.78 is 7.64. The van der Waals surface area contributed by atoms with Crippen LogP contribution >= 0.6 is 23.2 Å². The molecule has 3 aromatic carbocycles. The van der Waals surface area contributed by atoms with E-state index in [0.29, 0.717) is 40.2 Å². The lowest BCUT2D eigenvalue weighted by Crippen LogP contribution is -2.14. The Morgan fingerprint density at radius 2 is 1.76 bits per heavy atom. The van der Waals surface area contributed by atoms with E-state index in [1.165, 1.54) is 0 Å². The van der Waals surface area contributed by atoms with Gasteiger partial charge in [0.25, 0.3) is 5.91 Å². The van der Waals surface area contributed by atoms with Crippen LogP contribution in [0.2, 0.25) is 10.0 Å². The average molecular weight is 480 g/mol. The third kappa shape index (κ3) is 5.56. The molecule has 0 saturated carbocycles. The standard InChI is InChI=1S/C26H23Cl2N3O2/c1-17-25(18(2)31(30-17)15-21-7-3-4-9-24(21)28)29-26(32)20-8-5-6-19(14-20)16-33-23-12-10-22(27)11-13-23/h3-14H,15-16H2,1-2H3,(H,29,32). The van der Waals surface area contributed by atoms with Crippen molar-refractivity contribution in [3.05, 3.63) is 111 Å². The number of rotatable bonds is 7. The number of benzene rings is 3. The van der Waals surface area contributed by atoms with Crippen molar-refractivity contribution in [1.82, 2.24) is 9.78 Å². The van der Waals surface area contributed by atoms with Gasteiger partial charge in [0.2, 0.25) is 0 Å². The topological polar surface area (TPSA) is 56.2 Å². The molecule has 1 N–H and O–H groups in total. The largest absolute Gasteiger partial charge is 0.489 e. The van der Waals surface area contributed by atoms with Crippen LogP contribution in [0.15, 0.2) is 72.8 Å². The van der Waals surface area contributed by atoms with Crippen molar-refractivity contribution < 1.29 is 9.53 Å². The highest BCUT2D eigenvalue weighted by atomic mass is 35.5. The number of carbonyl (C=O) groups excluding carboxylic acids is 1. The molecule has 33 heavy (non-hydrogen) atoms. The van der Waals surface area contributed by atoms with Gasteiger partial charge in [-0.05, 0) is 67.4 Å². The third-order valence-corrected chi connectivity index (χ3v) is 5.93. The van der Waals surface area contributed by atoms with E-state index in [9.17, 15) is 4.79 Å². The summed E-state index contributed by atoms with van der Waals surface area (Å²) in [6.45, 7) is 4.68. The molecule has 0 aliphatic rings. The van der Waals surface area contributed by atoms with Crippen molar-refractivity contribution in [2.45, 2.75) is 27.0 Å².